The molecule has 0 atom stereocenters. The Morgan fingerprint density at radius 3 is 2.59 bits per heavy atom. The predicted octanol–water partition coefficient (Wildman–Crippen LogP) is 2.15. The van der Waals surface area contributed by atoms with Crippen LogP contribution in [0.25, 0.3) is 0 Å². The summed E-state index contributed by atoms with van der Waals surface area (Å²) in [6.45, 7) is 2.16. The average Bonchev–Trinajstić information content (AvgIpc) is 2.90. The van der Waals surface area contributed by atoms with Gasteiger partial charge in [0.15, 0.2) is 5.82 Å². The van der Waals surface area contributed by atoms with Crippen molar-refractivity contribution in [2.75, 3.05) is 24.6 Å². The highest BCUT2D eigenvalue weighted by atomic mass is 32.2. The van der Waals surface area contributed by atoms with E-state index in [0.717, 1.165) is 37.6 Å². The molecule has 0 spiro atoms. The number of hydrogen-bond acceptors (Lipinski definition) is 5. The van der Waals surface area contributed by atoms with Crippen LogP contribution in [0.5, 0.6) is 0 Å². The summed E-state index contributed by atoms with van der Waals surface area (Å²) in [6.07, 6.45) is 4.66. The Balaban J connectivity index is 1.68. The Kier molecular flexibility index (Phi) is 3.66. The van der Waals surface area contributed by atoms with Gasteiger partial charge >= 0.3 is 0 Å². The standard InChI is InChI=1S/C12H19N3OS/c1-5-13-6-2-9(1)11-14-12(16-15-11)10-3-7-17-8-4-10/h9-10,13H,1-8H2. The summed E-state index contributed by atoms with van der Waals surface area (Å²) in [4.78, 5) is 4.64. The molecule has 0 unspecified atom stereocenters. The summed E-state index contributed by atoms with van der Waals surface area (Å²) in [6, 6.07) is 0. The second-order valence-corrected chi connectivity index (χ2v) is 6.13. The third-order valence-electron chi connectivity index (χ3n) is 3.73. The van der Waals surface area contributed by atoms with Crippen LogP contribution in [0.2, 0.25) is 0 Å². The molecule has 2 aliphatic heterocycles. The van der Waals surface area contributed by atoms with Gasteiger partial charge in [0.1, 0.15) is 0 Å². The number of nitrogens with one attached hydrogen (secondary N) is 1. The van der Waals surface area contributed by atoms with Gasteiger partial charge in [-0.1, -0.05) is 5.16 Å². The molecule has 1 aromatic heterocycles. The lowest BCUT2D eigenvalue weighted by Gasteiger charge is -2.19. The predicted molar refractivity (Wildman–Crippen MR) is 68.4 cm³/mol. The zero-order valence-corrected chi connectivity index (χ0v) is 10.8. The number of aromatic nitrogens is 2. The minimum Gasteiger partial charge on any atom is -0.339 e. The summed E-state index contributed by atoms with van der Waals surface area (Å²) in [5, 5.41) is 7.56. The van der Waals surface area contributed by atoms with Crippen molar-refractivity contribution in [3.05, 3.63) is 11.7 Å². The largest absolute Gasteiger partial charge is 0.339 e. The first-order valence-corrected chi connectivity index (χ1v) is 7.71. The van der Waals surface area contributed by atoms with E-state index in [1.165, 1.54) is 24.3 Å². The number of thioether (sulfide) groups is 1. The first-order chi connectivity index (χ1) is 8.43. The second kappa shape index (κ2) is 5.40. The Morgan fingerprint density at radius 1 is 1.06 bits per heavy atom. The number of hydrogen-bond donors (Lipinski definition) is 1. The Morgan fingerprint density at radius 2 is 1.82 bits per heavy atom. The second-order valence-electron chi connectivity index (χ2n) is 4.90. The third-order valence-corrected chi connectivity index (χ3v) is 4.78. The van der Waals surface area contributed by atoms with Crippen molar-refractivity contribution in [2.45, 2.75) is 37.5 Å². The fourth-order valence-electron chi connectivity index (χ4n) is 2.60. The molecular weight excluding hydrogens is 234 g/mol. The summed E-state index contributed by atoms with van der Waals surface area (Å²) in [5.41, 5.74) is 0. The summed E-state index contributed by atoms with van der Waals surface area (Å²) in [5.74, 6) is 5.32. The molecule has 0 radical (unpaired) electrons. The van der Waals surface area contributed by atoms with Crippen molar-refractivity contribution in [1.82, 2.24) is 15.5 Å². The molecule has 0 amide bonds. The maximum atomic E-state index is 5.47. The fraction of sp³-hybridized carbons (Fsp3) is 0.833. The van der Waals surface area contributed by atoms with Gasteiger partial charge in [0.05, 0.1) is 0 Å². The van der Waals surface area contributed by atoms with Crippen molar-refractivity contribution < 1.29 is 4.52 Å². The molecule has 0 aliphatic carbocycles. The first-order valence-electron chi connectivity index (χ1n) is 6.55. The normalized spacial score (nSPS) is 24.0. The van der Waals surface area contributed by atoms with Crippen LogP contribution >= 0.6 is 11.8 Å². The SMILES string of the molecule is C1CC(c2noc(C3CCSCC3)n2)CCN1. The lowest BCUT2D eigenvalue weighted by atomic mass is 9.97. The van der Waals surface area contributed by atoms with Gasteiger partial charge in [-0.05, 0) is 50.3 Å². The Hall–Kier alpha value is -0.550. The molecular formula is C12H19N3OS. The molecule has 2 fully saturated rings. The molecule has 0 saturated carbocycles. The third kappa shape index (κ3) is 2.65. The van der Waals surface area contributed by atoms with Gasteiger partial charge in [-0.25, -0.2) is 0 Å². The maximum absolute atomic E-state index is 5.47. The number of piperidine rings is 1. The number of nitrogens with zero attached hydrogens (tertiary/aromatic N) is 2. The number of rotatable bonds is 2. The van der Waals surface area contributed by atoms with Gasteiger partial charge in [0.2, 0.25) is 5.89 Å². The summed E-state index contributed by atoms with van der Waals surface area (Å²) >= 11 is 2.03. The van der Waals surface area contributed by atoms with Crippen molar-refractivity contribution in [3.63, 3.8) is 0 Å². The Labute approximate surface area is 106 Å². The quantitative estimate of drug-likeness (QED) is 0.875. The summed E-state index contributed by atoms with van der Waals surface area (Å²) < 4.78 is 5.47. The monoisotopic (exact) mass is 253 g/mol. The van der Waals surface area contributed by atoms with Crippen LogP contribution in [0.15, 0.2) is 4.52 Å². The van der Waals surface area contributed by atoms with E-state index in [-0.39, 0.29) is 0 Å². The average molecular weight is 253 g/mol. The van der Waals surface area contributed by atoms with Crippen molar-refractivity contribution in [3.8, 4) is 0 Å². The maximum Gasteiger partial charge on any atom is 0.229 e. The highest BCUT2D eigenvalue weighted by Gasteiger charge is 2.25. The van der Waals surface area contributed by atoms with Crippen LogP contribution in [-0.4, -0.2) is 34.7 Å². The van der Waals surface area contributed by atoms with E-state index in [0.29, 0.717) is 11.8 Å². The Bertz CT molecular complexity index is 324. The molecule has 3 rings (SSSR count). The molecule has 3 heterocycles. The molecule has 2 aliphatic rings. The topological polar surface area (TPSA) is 51.0 Å². The first kappa shape index (κ1) is 11.5. The molecule has 0 bridgehead atoms. The highest BCUT2D eigenvalue weighted by molar-refractivity contribution is 7.99. The van der Waals surface area contributed by atoms with Crippen LogP contribution in [0.4, 0.5) is 0 Å². The van der Waals surface area contributed by atoms with Gasteiger partial charge in [-0.2, -0.15) is 16.7 Å². The van der Waals surface area contributed by atoms with E-state index >= 15 is 0 Å². The van der Waals surface area contributed by atoms with Crippen molar-refractivity contribution in [1.29, 1.82) is 0 Å². The molecule has 1 aromatic rings. The van der Waals surface area contributed by atoms with E-state index in [1.54, 1.807) is 0 Å². The summed E-state index contributed by atoms with van der Waals surface area (Å²) in [7, 11) is 0. The van der Waals surface area contributed by atoms with Gasteiger partial charge in [-0.15, -0.1) is 0 Å². The lowest BCUT2D eigenvalue weighted by Crippen LogP contribution is -2.27. The van der Waals surface area contributed by atoms with Crippen molar-refractivity contribution >= 4 is 11.8 Å². The van der Waals surface area contributed by atoms with Crippen LogP contribution in [0.1, 0.15) is 49.2 Å². The molecule has 94 valence electrons. The molecule has 1 N–H and O–H groups in total. The van der Waals surface area contributed by atoms with Gasteiger partial charge in [-0.3, -0.25) is 0 Å². The van der Waals surface area contributed by atoms with Crippen LogP contribution in [-0.2, 0) is 0 Å². The minimum atomic E-state index is 0.506. The van der Waals surface area contributed by atoms with E-state index in [9.17, 15) is 0 Å². The van der Waals surface area contributed by atoms with E-state index in [2.05, 4.69) is 15.5 Å². The smallest absolute Gasteiger partial charge is 0.229 e. The molecule has 5 heteroatoms. The highest BCUT2D eigenvalue weighted by Crippen LogP contribution is 2.32. The van der Waals surface area contributed by atoms with Crippen molar-refractivity contribution in [2.24, 2.45) is 0 Å². The molecule has 4 nitrogen and oxygen atoms in total. The van der Waals surface area contributed by atoms with E-state index in [4.69, 9.17) is 4.52 Å². The van der Waals surface area contributed by atoms with Crippen LogP contribution in [0, 0.1) is 0 Å². The molecule has 2 saturated heterocycles. The van der Waals surface area contributed by atoms with E-state index in [1.807, 2.05) is 11.8 Å². The zero-order valence-electron chi connectivity index (χ0n) is 10.0. The van der Waals surface area contributed by atoms with Crippen LogP contribution in [0.3, 0.4) is 0 Å². The molecule has 0 aromatic carbocycles. The van der Waals surface area contributed by atoms with E-state index < -0.39 is 0 Å². The zero-order chi connectivity index (χ0) is 11.5. The van der Waals surface area contributed by atoms with Gasteiger partial charge < -0.3 is 9.84 Å². The molecule has 17 heavy (non-hydrogen) atoms. The van der Waals surface area contributed by atoms with Crippen LogP contribution < -0.4 is 5.32 Å². The fourth-order valence-corrected chi connectivity index (χ4v) is 3.71. The van der Waals surface area contributed by atoms with Gasteiger partial charge in [0, 0.05) is 11.8 Å². The van der Waals surface area contributed by atoms with Gasteiger partial charge in [0.25, 0.3) is 0 Å². The lowest BCUT2D eigenvalue weighted by molar-refractivity contribution is 0.336. The minimum absolute atomic E-state index is 0.506.